The Morgan fingerprint density at radius 1 is 1.18 bits per heavy atom. The largest absolute Gasteiger partial charge is 0.416 e. The molecule has 22 heavy (non-hydrogen) atoms. The summed E-state index contributed by atoms with van der Waals surface area (Å²) >= 11 is 0. The highest BCUT2D eigenvalue weighted by Crippen LogP contribution is 2.30. The number of anilines is 1. The van der Waals surface area contributed by atoms with Crippen molar-refractivity contribution in [2.24, 2.45) is 5.10 Å². The molecule has 0 unspecified atom stereocenters. The number of nitrogens with zero attached hydrogens (tertiary/aromatic N) is 1. The lowest BCUT2D eigenvalue weighted by Gasteiger charge is -2.12. The van der Waals surface area contributed by atoms with E-state index in [0.29, 0.717) is 0 Å². The lowest BCUT2D eigenvalue weighted by atomic mass is 9.99. The predicted octanol–water partition coefficient (Wildman–Crippen LogP) is 3.55. The summed E-state index contributed by atoms with van der Waals surface area (Å²) in [6.07, 6.45) is 0.730. The molecule has 1 aromatic carbocycles. The molecule has 7 heteroatoms. The Hall–Kier alpha value is -2.05. The first-order chi connectivity index (χ1) is 10.4. The fourth-order valence-electron chi connectivity index (χ4n) is 2.24. The maximum atomic E-state index is 12.6. The van der Waals surface area contributed by atoms with Gasteiger partial charge in [-0.05, 0) is 43.9 Å². The Morgan fingerprint density at radius 3 is 2.59 bits per heavy atom. The van der Waals surface area contributed by atoms with Gasteiger partial charge in [0.25, 0.3) is 5.91 Å². The third-order valence-corrected chi connectivity index (χ3v) is 3.41. The lowest BCUT2D eigenvalue weighted by molar-refractivity contribution is -0.137. The molecule has 0 radical (unpaired) electrons. The van der Waals surface area contributed by atoms with Crippen molar-refractivity contribution in [2.75, 3.05) is 11.9 Å². The van der Waals surface area contributed by atoms with Crippen molar-refractivity contribution in [3.8, 4) is 0 Å². The maximum Gasteiger partial charge on any atom is 0.416 e. The number of halogens is 3. The normalized spacial score (nSPS) is 15.3. The topological polar surface area (TPSA) is 53.5 Å². The highest BCUT2D eigenvalue weighted by molar-refractivity contribution is 5.87. The van der Waals surface area contributed by atoms with Gasteiger partial charge in [0, 0.05) is 11.4 Å². The lowest BCUT2D eigenvalue weighted by Crippen LogP contribution is -2.27. The zero-order chi connectivity index (χ0) is 16.0. The maximum absolute atomic E-state index is 12.6. The molecule has 0 bridgehead atoms. The fraction of sp³-hybridized carbons (Fsp3) is 0.467. The summed E-state index contributed by atoms with van der Waals surface area (Å²) in [5, 5.41) is 6.71. The van der Waals surface area contributed by atoms with Crippen LogP contribution in [-0.4, -0.2) is 18.2 Å². The van der Waals surface area contributed by atoms with Crippen LogP contribution in [0.4, 0.5) is 18.9 Å². The van der Waals surface area contributed by atoms with Crippen LogP contribution < -0.4 is 10.7 Å². The van der Waals surface area contributed by atoms with Gasteiger partial charge in [0.1, 0.15) is 0 Å². The van der Waals surface area contributed by atoms with E-state index >= 15 is 0 Å². The summed E-state index contributed by atoms with van der Waals surface area (Å²) in [4.78, 5) is 11.6. The monoisotopic (exact) mass is 313 g/mol. The third-order valence-electron chi connectivity index (χ3n) is 3.41. The second-order valence-corrected chi connectivity index (χ2v) is 5.21. The van der Waals surface area contributed by atoms with Gasteiger partial charge in [0.05, 0.1) is 12.1 Å². The molecule has 2 rings (SSSR count). The molecule has 2 N–H and O–H groups in total. The van der Waals surface area contributed by atoms with Crippen molar-refractivity contribution in [1.82, 2.24) is 5.43 Å². The van der Waals surface area contributed by atoms with Crippen molar-refractivity contribution in [2.45, 2.75) is 38.3 Å². The molecule has 0 heterocycles. The Morgan fingerprint density at radius 2 is 1.91 bits per heavy atom. The van der Waals surface area contributed by atoms with E-state index in [1.165, 1.54) is 18.6 Å². The SMILES string of the molecule is O=C(CNc1cccc(C(F)(F)F)c1)NN=C1CCCCC1. The van der Waals surface area contributed by atoms with Gasteiger partial charge < -0.3 is 5.32 Å². The van der Waals surface area contributed by atoms with Crippen molar-refractivity contribution in [3.63, 3.8) is 0 Å². The number of hydrazone groups is 1. The van der Waals surface area contributed by atoms with Gasteiger partial charge in [-0.2, -0.15) is 18.3 Å². The molecular formula is C15H18F3N3O. The van der Waals surface area contributed by atoms with Crippen LogP contribution >= 0.6 is 0 Å². The molecule has 1 aliphatic rings. The van der Waals surface area contributed by atoms with Gasteiger partial charge in [-0.15, -0.1) is 0 Å². The van der Waals surface area contributed by atoms with Crippen LogP contribution in [0.1, 0.15) is 37.7 Å². The van der Waals surface area contributed by atoms with Crippen molar-refractivity contribution < 1.29 is 18.0 Å². The minimum absolute atomic E-state index is 0.127. The van der Waals surface area contributed by atoms with Crippen LogP contribution in [0.2, 0.25) is 0 Å². The van der Waals surface area contributed by atoms with E-state index < -0.39 is 11.7 Å². The van der Waals surface area contributed by atoms with E-state index in [1.54, 1.807) is 0 Å². The standard InChI is InChI=1S/C15H18F3N3O/c16-15(17,18)11-5-4-8-13(9-11)19-10-14(22)21-20-12-6-2-1-3-7-12/h4-5,8-9,19H,1-3,6-7,10H2,(H,21,22). The molecule has 0 aromatic heterocycles. The first-order valence-corrected chi connectivity index (χ1v) is 7.20. The summed E-state index contributed by atoms with van der Waals surface area (Å²) < 4.78 is 37.7. The third kappa shape index (κ3) is 5.05. The summed E-state index contributed by atoms with van der Waals surface area (Å²) in [5.74, 6) is -0.379. The quantitative estimate of drug-likeness (QED) is 0.835. The molecule has 4 nitrogen and oxygen atoms in total. The second kappa shape index (κ2) is 7.29. The van der Waals surface area contributed by atoms with Gasteiger partial charge in [0.15, 0.2) is 0 Å². The number of hydrogen-bond donors (Lipinski definition) is 2. The van der Waals surface area contributed by atoms with Crippen LogP contribution in [0.15, 0.2) is 29.4 Å². The number of rotatable bonds is 4. The summed E-state index contributed by atoms with van der Waals surface area (Å²) in [7, 11) is 0. The average molecular weight is 313 g/mol. The summed E-state index contributed by atoms with van der Waals surface area (Å²) in [6, 6.07) is 4.74. The van der Waals surface area contributed by atoms with E-state index in [2.05, 4.69) is 15.8 Å². The first-order valence-electron chi connectivity index (χ1n) is 7.20. The number of hydrogen-bond acceptors (Lipinski definition) is 3. The van der Waals surface area contributed by atoms with Gasteiger partial charge >= 0.3 is 6.18 Å². The van der Waals surface area contributed by atoms with E-state index in [4.69, 9.17) is 0 Å². The molecule has 1 aromatic rings. The zero-order valence-electron chi connectivity index (χ0n) is 12.0. The summed E-state index contributed by atoms with van der Waals surface area (Å²) in [6.45, 7) is -0.127. The number of benzene rings is 1. The van der Waals surface area contributed by atoms with E-state index in [9.17, 15) is 18.0 Å². The van der Waals surface area contributed by atoms with Crippen LogP contribution in [0, 0.1) is 0 Å². The summed E-state index contributed by atoms with van der Waals surface area (Å²) in [5.41, 5.74) is 2.90. The Labute approximate surface area is 126 Å². The highest BCUT2D eigenvalue weighted by Gasteiger charge is 2.30. The van der Waals surface area contributed by atoms with E-state index in [-0.39, 0.29) is 18.1 Å². The van der Waals surface area contributed by atoms with E-state index in [1.807, 2.05) is 0 Å². The molecule has 0 saturated heterocycles. The number of carbonyl (C=O) groups excluding carboxylic acids is 1. The first kappa shape index (κ1) is 16.3. The fourth-order valence-corrected chi connectivity index (χ4v) is 2.24. The molecule has 120 valence electrons. The van der Waals surface area contributed by atoms with Crippen molar-refractivity contribution in [1.29, 1.82) is 0 Å². The van der Waals surface area contributed by atoms with Crippen LogP contribution in [0.5, 0.6) is 0 Å². The van der Waals surface area contributed by atoms with Crippen LogP contribution in [0.3, 0.4) is 0 Å². The van der Waals surface area contributed by atoms with Crippen molar-refractivity contribution in [3.05, 3.63) is 29.8 Å². The molecule has 1 saturated carbocycles. The van der Waals surface area contributed by atoms with Gasteiger partial charge in [-0.25, -0.2) is 5.43 Å². The molecule has 0 atom stereocenters. The van der Waals surface area contributed by atoms with Gasteiger partial charge in [-0.3, -0.25) is 4.79 Å². The molecule has 0 spiro atoms. The highest BCUT2D eigenvalue weighted by atomic mass is 19.4. The minimum atomic E-state index is -4.40. The number of nitrogens with one attached hydrogen (secondary N) is 2. The van der Waals surface area contributed by atoms with Crippen LogP contribution in [0.25, 0.3) is 0 Å². The van der Waals surface area contributed by atoms with E-state index in [0.717, 1.165) is 43.5 Å². The molecule has 0 aliphatic heterocycles. The van der Waals surface area contributed by atoms with Crippen molar-refractivity contribution >= 4 is 17.3 Å². The van der Waals surface area contributed by atoms with Gasteiger partial charge in [-0.1, -0.05) is 12.5 Å². The zero-order valence-corrected chi connectivity index (χ0v) is 12.0. The van der Waals surface area contributed by atoms with Crippen LogP contribution in [-0.2, 0) is 11.0 Å². The molecular weight excluding hydrogens is 295 g/mol. The Balaban J connectivity index is 1.83. The Kier molecular flexibility index (Phi) is 5.41. The Bertz CT molecular complexity index is 547. The molecule has 1 aliphatic carbocycles. The number of alkyl halides is 3. The molecule has 1 amide bonds. The average Bonchev–Trinajstić information content (AvgIpc) is 2.51. The smallest absolute Gasteiger partial charge is 0.376 e. The molecule has 1 fully saturated rings. The van der Waals surface area contributed by atoms with Gasteiger partial charge in [0.2, 0.25) is 0 Å². The number of amides is 1. The second-order valence-electron chi connectivity index (χ2n) is 5.21. The minimum Gasteiger partial charge on any atom is -0.376 e. The number of carbonyl (C=O) groups is 1. The predicted molar refractivity (Wildman–Crippen MR) is 78.6 cm³/mol.